The van der Waals surface area contributed by atoms with E-state index in [1.165, 1.54) is 32.3 Å². The number of hydrogen-bond donors (Lipinski definition) is 0. The van der Waals surface area contributed by atoms with Crippen molar-refractivity contribution in [1.82, 2.24) is 0 Å². The van der Waals surface area contributed by atoms with Crippen molar-refractivity contribution in [2.24, 2.45) is 0 Å². The molecule has 0 atom stereocenters. The van der Waals surface area contributed by atoms with Gasteiger partial charge in [-0.05, 0) is 33.0 Å². The largest absolute Gasteiger partial charge is 0.0616 e. The first-order valence-electron chi connectivity index (χ1n) is 6.33. The smallest absolute Gasteiger partial charge is 0.0266 e. The fraction of sp³-hybridized carbons (Fsp3) is 0. The average molecular weight is 307 g/mol. The van der Waals surface area contributed by atoms with Crippen LogP contribution in [0, 0.1) is 0 Å². The Hall–Kier alpha value is -1.86. The van der Waals surface area contributed by atoms with Crippen molar-refractivity contribution in [2.45, 2.75) is 0 Å². The molecular weight excluding hydrogens is 296 g/mol. The zero-order valence-electron chi connectivity index (χ0n) is 10.2. The van der Waals surface area contributed by atoms with E-state index in [0.29, 0.717) is 0 Å². The summed E-state index contributed by atoms with van der Waals surface area (Å²) in [4.78, 5) is 0. The Morgan fingerprint density at radius 3 is 2.11 bits per heavy atom. The molecule has 0 saturated carbocycles. The highest BCUT2D eigenvalue weighted by molar-refractivity contribution is 9.10. The summed E-state index contributed by atoms with van der Waals surface area (Å²) < 4.78 is 1.16. The van der Waals surface area contributed by atoms with E-state index >= 15 is 0 Å². The summed E-state index contributed by atoms with van der Waals surface area (Å²) in [5.41, 5.74) is 0. The molecule has 0 amide bonds. The second kappa shape index (κ2) is 4.07. The van der Waals surface area contributed by atoms with Gasteiger partial charge in [-0.15, -0.1) is 0 Å². The van der Waals surface area contributed by atoms with E-state index in [1.54, 1.807) is 0 Å². The lowest BCUT2D eigenvalue weighted by molar-refractivity contribution is 1.75. The van der Waals surface area contributed by atoms with Crippen molar-refractivity contribution in [3.8, 4) is 0 Å². The number of benzene rings is 4. The molecule has 0 bridgehead atoms. The van der Waals surface area contributed by atoms with Crippen molar-refractivity contribution in [2.75, 3.05) is 0 Å². The molecule has 0 nitrogen and oxygen atoms in total. The molecule has 0 heterocycles. The summed E-state index contributed by atoms with van der Waals surface area (Å²) >= 11 is 3.74. The van der Waals surface area contributed by atoms with E-state index in [4.69, 9.17) is 0 Å². The number of fused-ring (bicyclic) bond motifs is 5. The minimum atomic E-state index is 1.16. The van der Waals surface area contributed by atoms with E-state index in [2.05, 4.69) is 82.7 Å². The van der Waals surface area contributed by atoms with Crippen LogP contribution in [-0.4, -0.2) is 0 Å². The van der Waals surface area contributed by atoms with Crippen LogP contribution in [0.3, 0.4) is 0 Å². The van der Waals surface area contributed by atoms with Gasteiger partial charge < -0.3 is 0 Å². The first kappa shape index (κ1) is 11.0. The normalized spacial score (nSPS) is 11.4. The van der Waals surface area contributed by atoms with E-state index < -0.39 is 0 Å². The average Bonchev–Trinajstić information content (AvgIpc) is 2.46. The Bertz CT molecular complexity index is 922. The minimum absolute atomic E-state index is 1.16. The quantitative estimate of drug-likeness (QED) is 0.354. The first-order valence-corrected chi connectivity index (χ1v) is 7.12. The molecule has 4 rings (SSSR count). The minimum Gasteiger partial charge on any atom is -0.0616 e. The standard InChI is InChI=1S/C18H11Br/c19-17-11-13-6-2-3-7-14(13)16-10-9-12-5-1-4-8-15(12)18(16)17/h1-11H. The predicted molar refractivity (Wildman–Crippen MR) is 86.7 cm³/mol. The lowest BCUT2D eigenvalue weighted by atomic mass is 9.97. The van der Waals surface area contributed by atoms with E-state index in [1.807, 2.05) is 0 Å². The molecule has 19 heavy (non-hydrogen) atoms. The monoisotopic (exact) mass is 306 g/mol. The van der Waals surface area contributed by atoms with Crippen molar-refractivity contribution in [1.29, 1.82) is 0 Å². The maximum atomic E-state index is 3.74. The molecule has 0 saturated heterocycles. The molecule has 0 N–H and O–H groups in total. The van der Waals surface area contributed by atoms with Crippen molar-refractivity contribution < 1.29 is 0 Å². The van der Waals surface area contributed by atoms with Gasteiger partial charge in [0.15, 0.2) is 0 Å². The molecule has 0 spiro atoms. The highest BCUT2D eigenvalue weighted by atomic mass is 79.9. The van der Waals surface area contributed by atoms with Crippen molar-refractivity contribution >= 4 is 48.2 Å². The second-order valence-electron chi connectivity index (χ2n) is 4.79. The Morgan fingerprint density at radius 1 is 0.579 bits per heavy atom. The summed E-state index contributed by atoms with van der Waals surface area (Å²) in [6.07, 6.45) is 0. The third-order valence-corrected chi connectivity index (χ3v) is 4.33. The van der Waals surface area contributed by atoms with Gasteiger partial charge in [0.1, 0.15) is 0 Å². The number of hydrogen-bond acceptors (Lipinski definition) is 0. The Morgan fingerprint density at radius 2 is 1.26 bits per heavy atom. The molecule has 0 aliphatic heterocycles. The zero-order chi connectivity index (χ0) is 12.8. The molecule has 0 unspecified atom stereocenters. The summed E-state index contributed by atoms with van der Waals surface area (Å²) in [6.45, 7) is 0. The van der Waals surface area contributed by atoms with Crippen LogP contribution in [0.4, 0.5) is 0 Å². The molecule has 4 aromatic rings. The van der Waals surface area contributed by atoms with Gasteiger partial charge in [-0.25, -0.2) is 0 Å². The topological polar surface area (TPSA) is 0 Å². The van der Waals surface area contributed by atoms with Crippen LogP contribution in [0.15, 0.2) is 71.2 Å². The van der Waals surface area contributed by atoms with Crippen LogP contribution in [0.5, 0.6) is 0 Å². The number of rotatable bonds is 0. The lowest BCUT2D eigenvalue weighted by Gasteiger charge is -2.09. The van der Waals surface area contributed by atoms with Crippen molar-refractivity contribution in [3.05, 3.63) is 71.2 Å². The van der Waals surface area contributed by atoms with Gasteiger partial charge in [-0.2, -0.15) is 0 Å². The predicted octanol–water partition coefficient (Wildman–Crippen LogP) is 5.91. The molecule has 0 aliphatic carbocycles. The van der Waals surface area contributed by atoms with Crippen LogP contribution < -0.4 is 0 Å². The summed E-state index contributed by atoms with van der Waals surface area (Å²) in [6, 6.07) is 23.7. The van der Waals surface area contributed by atoms with Gasteiger partial charge in [0, 0.05) is 9.86 Å². The van der Waals surface area contributed by atoms with Crippen LogP contribution >= 0.6 is 15.9 Å². The van der Waals surface area contributed by atoms with Crippen molar-refractivity contribution in [3.63, 3.8) is 0 Å². The van der Waals surface area contributed by atoms with Crippen LogP contribution in [0.25, 0.3) is 32.3 Å². The summed E-state index contributed by atoms with van der Waals surface area (Å²) in [5, 5.41) is 7.78. The molecule has 1 heteroatoms. The van der Waals surface area contributed by atoms with Gasteiger partial charge in [0.05, 0.1) is 0 Å². The Labute approximate surface area is 119 Å². The molecule has 4 aromatic carbocycles. The molecule has 0 fully saturated rings. The van der Waals surface area contributed by atoms with Crippen LogP contribution in [-0.2, 0) is 0 Å². The molecule has 0 aromatic heterocycles. The molecule has 0 radical (unpaired) electrons. The lowest BCUT2D eigenvalue weighted by Crippen LogP contribution is -1.82. The second-order valence-corrected chi connectivity index (χ2v) is 5.64. The highest BCUT2D eigenvalue weighted by Crippen LogP contribution is 2.36. The zero-order valence-corrected chi connectivity index (χ0v) is 11.8. The van der Waals surface area contributed by atoms with E-state index in [-0.39, 0.29) is 0 Å². The maximum Gasteiger partial charge on any atom is 0.0266 e. The third-order valence-electron chi connectivity index (χ3n) is 3.70. The summed E-state index contributed by atoms with van der Waals surface area (Å²) in [7, 11) is 0. The highest BCUT2D eigenvalue weighted by Gasteiger charge is 2.07. The van der Waals surface area contributed by atoms with Crippen LogP contribution in [0.2, 0.25) is 0 Å². The van der Waals surface area contributed by atoms with Crippen LogP contribution in [0.1, 0.15) is 0 Å². The summed E-state index contributed by atoms with van der Waals surface area (Å²) in [5.74, 6) is 0. The first-order chi connectivity index (χ1) is 9.34. The van der Waals surface area contributed by atoms with Gasteiger partial charge >= 0.3 is 0 Å². The van der Waals surface area contributed by atoms with Gasteiger partial charge in [-0.3, -0.25) is 0 Å². The molecule has 90 valence electrons. The number of halogens is 1. The Kier molecular flexibility index (Phi) is 2.36. The third kappa shape index (κ3) is 1.58. The SMILES string of the molecule is Brc1cc2ccccc2c2ccc3ccccc3c12. The molecular formula is C18H11Br. The van der Waals surface area contributed by atoms with Gasteiger partial charge in [0.25, 0.3) is 0 Å². The van der Waals surface area contributed by atoms with E-state index in [9.17, 15) is 0 Å². The molecule has 0 aliphatic rings. The van der Waals surface area contributed by atoms with Gasteiger partial charge in [0.2, 0.25) is 0 Å². The fourth-order valence-corrected chi connectivity index (χ4v) is 3.50. The van der Waals surface area contributed by atoms with E-state index in [0.717, 1.165) is 4.47 Å². The van der Waals surface area contributed by atoms with Gasteiger partial charge in [-0.1, -0.05) is 76.6 Å². The Balaban J connectivity index is 2.35. The maximum absolute atomic E-state index is 3.74. The fourth-order valence-electron chi connectivity index (χ4n) is 2.83.